The number of fused-ring (bicyclic) bond motifs is 2. The van der Waals surface area contributed by atoms with E-state index < -0.39 is 10.1 Å². The molecule has 0 amide bonds. The van der Waals surface area contributed by atoms with E-state index in [4.69, 9.17) is 0 Å². The fraction of sp³-hybridized carbons (Fsp3) is 0.148. The first-order chi connectivity index (χ1) is 17.4. The van der Waals surface area contributed by atoms with Crippen molar-refractivity contribution in [2.24, 2.45) is 7.05 Å². The molecule has 5 rings (SSSR count). The zero-order valence-corrected chi connectivity index (χ0v) is 23.1. The molecule has 10 heteroatoms. The van der Waals surface area contributed by atoms with E-state index in [1.165, 1.54) is 12.1 Å². The molecule has 4 aromatic rings. The summed E-state index contributed by atoms with van der Waals surface area (Å²) in [5.74, 6) is 0.581. The Bertz CT molecular complexity index is 1640. The first kappa shape index (κ1) is 26.7. The van der Waals surface area contributed by atoms with Crippen LogP contribution in [0.2, 0.25) is 0 Å². The number of rotatable bonds is 3. The zero-order valence-electron chi connectivity index (χ0n) is 20.7. The number of thioether (sulfide) groups is 1. The van der Waals surface area contributed by atoms with Crippen molar-refractivity contribution in [1.29, 1.82) is 0 Å². The second-order valence-corrected chi connectivity index (χ2v) is 12.1. The van der Waals surface area contributed by atoms with E-state index in [0.717, 1.165) is 42.0 Å². The van der Waals surface area contributed by atoms with Gasteiger partial charge in [0.15, 0.2) is 0 Å². The van der Waals surface area contributed by atoms with Gasteiger partial charge >= 0.3 is 0 Å². The standard InChI is InChI=1S/C20H18N2O2S2.C7H8O3S/c1-12(8-19-21(2)15-6-4-13(23)10-17(15)25-19)9-20-22(3)16-7-5-14(24)11-18(16)26-20;1-6-2-4-7(5-3-6)11(8,9)10/h4-11H,1-3H3,(H-,23,24);2-5H,1H3,(H,8,9,10). The molecule has 0 saturated carbocycles. The highest BCUT2D eigenvalue weighted by molar-refractivity contribution is 8.03. The molecule has 0 spiro atoms. The summed E-state index contributed by atoms with van der Waals surface area (Å²) in [6.45, 7) is 3.91. The second kappa shape index (κ2) is 10.6. The molecule has 3 aromatic carbocycles. The fourth-order valence-corrected chi connectivity index (χ4v) is 6.57. The molecule has 37 heavy (non-hydrogen) atoms. The van der Waals surface area contributed by atoms with Gasteiger partial charge in [0.1, 0.15) is 33.4 Å². The molecule has 0 unspecified atom stereocenters. The number of aromatic nitrogens is 1. The van der Waals surface area contributed by atoms with Gasteiger partial charge in [-0.05, 0) is 61.9 Å². The number of nitrogens with zero attached hydrogens (tertiary/aromatic N) is 2. The highest BCUT2D eigenvalue weighted by atomic mass is 32.2. The average Bonchev–Trinajstić information content (AvgIpc) is 3.28. The fourth-order valence-electron chi connectivity index (χ4n) is 3.71. The number of thiazole rings is 1. The van der Waals surface area contributed by atoms with Crippen LogP contribution >= 0.6 is 23.1 Å². The molecule has 0 radical (unpaired) electrons. The minimum atomic E-state index is -4.27. The first-order valence-corrected chi connectivity index (χ1v) is 14.3. The van der Waals surface area contributed by atoms with Gasteiger partial charge in [-0.25, -0.2) is 8.42 Å². The number of phenolic OH excluding ortho intramolecular Hbond substituents is 2. The van der Waals surface area contributed by atoms with Crippen molar-refractivity contribution in [3.8, 4) is 11.5 Å². The average molecular weight is 555 g/mol. The van der Waals surface area contributed by atoms with E-state index in [2.05, 4.69) is 28.5 Å². The molecular weight excluding hydrogens is 529 g/mol. The lowest BCUT2D eigenvalue weighted by Gasteiger charge is -2.13. The smallest absolute Gasteiger partial charge is 0.262 e. The maximum Gasteiger partial charge on any atom is 0.262 e. The lowest BCUT2D eigenvalue weighted by Crippen LogP contribution is -2.28. The normalized spacial score (nSPS) is 14.6. The Morgan fingerprint density at radius 3 is 2.35 bits per heavy atom. The van der Waals surface area contributed by atoms with Gasteiger partial charge in [-0.1, -0.05) is 40.8 Å². The third-order valence-corrected chi connectivity index (χ3v) is 8.86. The number of allylic oxidation sites excluding steroid dienone is 2. The SMILES string of the molecule is CC(=C\c1sc2cc(O)ccc2[n+]1C)/C=C1/Sc2cc(O)ccc2N1C.Cc1ccc(S(=O)(=O)[O-])cc1. The molecular formula is C27H26N2O5S3. The Morgan fingerprint density at radius 2 is 1.68 bits per heavy atom. The van der Waals surface area contributed by atoms with E-state index in [-0.39, 0.29) is 4.90 Å². The van der Waals surface area contributed by atoms with Crippen molar-refractivity contribution in [3.63, 3.8) is 0 Å². The van der Waals surface area contributed by atoms with Gasteiger partial charge in [-0.15, -0.1) is 0 Å². The lowest BCUT2D eigenvalue weighted by atomic mass is 10.2. The number of benzene rings is 3. The molecule has 0 atom stereocenters. The predicted octanol–water partition coefficient (Wildman–Crippen LogP) is 5.52. The Hall–Kier alpha value is -3.31. The Balaban J connectivity index is 0.000000245. The molecule has 7 nitrogen and oxygen atoms in total. The second-order valence-electron chi connectivity index (χ2n) is 8.60. The molecule has 2 N–H and O–H groups in total. The van der Waals surface area contributed by atoms with E-state index >= 15 is 0 Å². The molecule has 0 bridgehead atoms. The third-order valence-electron chi connectivity index (χ3n) is 5.71. The van der Waals surface area contributed by atoms with Crippen LogP contribution in [0.3, 0.4) is 0 Å². The van der Waals surface area contributed by atoms with Crippen LogP contribution < -0.4 is 9.47 Å². The van der Waals surface area contributed by atoms with E-state index in [9.17, 15) is 23.2 Å². The summed E-state index contributed by atoms with van der Waals surface area (Å²) < 4.78 is 34.4. The summed E-state index contributed by atoms with van der Waals surface area (Å²) in [4.78, 5) is 3.03. The molecule has 192 valence electrons. The number of hydrogen-bond acceptors (Lipinski definition) is 8. The van der Waals surface area contributed by atoms with Crippen LogP contribution in [0.15, 0.2) is 87.1 Å². The van der Waals surface area contributed by atoms with Gasteiger partial charge < -0.3 is 19.7 Å². The monoisotopic (exact) mass is 554 g/mol. The van der Waals surface area contributed by atoms with Crippen LogP contribution in [-0.2, 0) is 17.2 Å². The van der Waals surface area contributed by atoms with Gasteiger partial charge in [0, 0.05) is 30.2 Å². The van der Waals surface area contributed by atoms with E-state index in [1.54, 1.807) is 59.5 Å². The topological polar surface area (TPSA) is 105 Å². The van der Waals surface area contributed by atoms with E-state index in [1.807, 2.05) is 33.2 Å². The highest BCUT2D eigenvalue weighted by Crippen LogP contribution is 2.46. The maximum absolute atomic E-state index is 10.4. The highest BCUT2D eigenvalue weighted by Gasteiger charge is 2.22. The van der Waals surface area contributed by atoms with Gasteiger partial charge in [0.2, 0.25) is 5.52 Å². The van der Waals surface area contributed by atoms with Crippen LogP contribution in [0, 0.1) is 6.92 Å². The van der Waals surface area contributed by atoms with Gasteiger partial charge in [-0.3, -0.25) is 0 Å². The van der Waals surface area contributed by atoms with Crippen LogP contribution in [0.1, 0.15) is 17.5 Å². The van der Waals surface area contributed by atoms with Crippen molar-refractivity contribution >= 4 is 55.2 Å². The lowest BCUT2D eigenvalue weighted by molar-refractivity contribution is -0.642. The Labute approximate surface area is 224 Å². The van der Waals surface area contributed by atoms with Crippen molar-refractivity contribution in [2.45, 2.75) is 23.6 Å². The molecule has 2 heterocycles. The van der Waals surface area contributed by atoms with Crippen LogP contribution in [0.5, 0.6) is 11.5 Å². The molecule has 1 aliphatic rings. The quantitative estimate of drug-likeness (QED) is 0.254. The molecule has 0 aliphatic carbocycles. The molecule has 1 aromatic heterocycles. The summed E-state index contributed by atoms with van der Waals surface area (Å²) in [5.41, 5.74) is 4.28. The van der Waals surface area contributed by atoms with Crippen molar-refractivity contribution < 1.29 is 27.8 Å². The van der Waals surface area contributed by atoms with Crippen LogP contribution in [-0.4, -0.2) is 30.2 Å². The van der Waals surface area contributed by atoms with E-state index in [0.29, 0.717) is 11.5 Å². The largest absolute Gasteiger partial charge is 0.744 e. The Kier molecular flexibility index (Phi) is 7.65. The summed E-state index contributed by atoms with van der Waals surface area (Å²) in [7, 11) is -0.192. The summed E-state index contributed by atoms with van der Waals surface area (Å²) >= 11 is 3.32. The number of aryl methyl sites for hydroxylation is 2. The number of hydrogen-bond donors (Lipinski definition) is 2. The Morgan fingerprint density at radius 1 is 1.03 bits per heavy atom. The minimum Gasteiger partial charge on any atom is -0.744 e. The van der Waals surface area contributed by atoms with Crippen molar-refractivity contribution in [3.05, 3.63) is 87.9 Å². The predicted molar refractivity (Wildman–Crippen MR) is 148 cm³/mol. The number of anilines is 1. The summed E-state index contributed by atoms with van der Waals surface area (Å²) in [5, 5.41) is 21.6. The van der Waals surface area contributed by atoms with Gasteiger partial charge in [0.05, 0.1) is 15.6 Å². The van der Waals surface area contributed by atoms with Gasteiger partial charge in [-0.2, -0.15) is 4.57 Å². The van der Waals surface area contributed by atoms with Crippen molar-refractivity contribution in [1.82, 2.24) is 0 Å². The number of phenols is 2. The summed E-state index contributed by atoms with van der Waals surface area (Å²) in [6, 6.07) is 16.7. The third kappa shape index (κ3) is 6.16. The molecule has 1 aliphatic heterocycles. The molecule has 0 fully saturated rings. The van der Waals surface area contributed by atoms with Crippen molar-refractivity contribution in [2.75, 3.05) is 11.9 Å². The van der Waals surface area contributed by atoms with Gasteiger partial charge in [0.25, 0.3) is 5.01 Å². The first-order valence-electron chi connectivity index (χ1n) is 11.2. The molecule has 0 saturated heterocycles. The maximum atomic E-state index is 10.4. The number of aromatic hydroxyl groups is 2. The van der Waals surface area contributed by atoms with Crippen LogP contribution in [0.25, 0.3) is 16.3 Å². The zero-order chi connectivity index (χ0) is 26.9. The van der Waals surface area contributed by atoms with Crippen LogP contribution in [0.4, 0.5) is 5.69 Å². The minimum absolute atomic E-state index is 0.178. The summed E-state index contributed by atoms with van der Waals surface area (Å²) in [6.07, 6.45) is 4.31.